The molecule has 1 aliphatic heterocycles. The van der Waals surface area contributed by atoms with Gasteiger partial charge >= 0.3 is 0 Å². The molecule has 2 aromatic heterocycles. The summed E-state index contributed by atoms with van der Waals surface area (Å²) in [6.07, 6.45) is 1.65. The highest BCUT2D eigenvalue weighted by atomic mass is 32.2. The number of para-hydroxylation sites is 1. The molecule has 0 unspecified atom stereocenters. The van der Waals surface area contributed by atoms with Crippen molar-refractivity contribution in [1.82, 2.24) is 30.2 Å². The SMILES string of the molecule is C=C[C@@H]1C[C@]1(NC(=O)[C@@H]1C[C@@H](Oc2nc(-c3ccc(OC(C)C)cc3)nc3c2oc2ccccc23)CN1C(=O)[C@@H](Nc1cccc(C(=O)NC)c1)C(C)(C)C)C(=O)NS(=O)(=O)C1CC1. The fraction of sp³-hybridized carbons (Fsp3) is 0.404. The first kappa shape index (κ1) is 44.1. The normalized spacial score (nSPS) is 21.3. The number of hydrogen-bond donors (Lipinski definition) is 4. The molecule has 8 rings (SSSR count). The Morgan fingerprint density at radius 1 is 1.00 bits per heavy atom. The lowest BCUT2D eigenvalue weighted by Gasteiger charge is -2.36. The minimum Gasteiger partial charge on any atom is -0.491 e. The van der Waals surface area contributed by atoms with Gasteiger partial charge in [0.25, 0.3) is 17.7 Å². The molecule has 17 heteroatoms. The molecular formula is C47H53N7O9S. The van der Waals surface area contributed by atoms with Crippen LogP contribution in [0.1, 0.15) is 70.7 Å². The first-order chi connectivity index (χ1) is 30.4. The Kier molecular flexibility index (Phi) is 11.7. The fourth-order valence-electron chi connectivity index (χ4n) is 8.16. The van der Waals surface area contributed by atoms with Crippen LogP contribution in [0.15, 0.2) is 89.9 Å². The Morgan fingerprint density at radius 2 is 1.73 bits per heavy atom. The van der Waals surface area contributed by atoms with Gasteiger partial charge in [-0.25, -0.2) is 13.4 Å². The van der Waals surface area contributed by atoms with E-state index in [1.807, 2.05) is 83.1 Å². The molecule has 4 amide bonds. The van der Waals surface area contributed by atoms with Crippen molar-refractivity contribution in [3.8, 4) is 23.0 Å². The summed E-state index contributed by atoms with van der Waals surface area (Å²) in [5.74, 6) is -1.69. The number of carbonyl (C=O) groups is 4. The second-order valence-electron chi connectivity index (χ2n) is 18.1. The van der Waals surface area contributed by atoms with Gasteiger partial charge in [0.05, 0.1) is 17.9 Å². The molecule has 0 radical (unpaired) electrons. The van der Waals surface area contributed by atoms with Crippen LogP contribution in [-0.4, -0.2) is 95.6 Å². The Bertz CT molecular complexity index is 2760. The highest BCUT2D eigenvalue weighted by molar-refractivity contribution is 7.91. The summed E-state index contributed by atoms with van der Waals surface area (Å²) in [5, 5.41) is 8.86. The number of benzene rings is 3. The molecule has 16 nitrogen and oxygen atoms in total. The summed E-state index contributed by atoms with van der Waals surface area (Å²) < 4.78 is 46.8. The molecule has 64 heavy (non-hydrogen) atoms. The molecule has 336 valence electrons. The molecule has 3 aromatic carbocycles. The lowest BCUT2D eigenvalue weighted by molar-refractivity contribution is -0.141. The third kappa shape index (κ3) is 8.85. The van der Waals surface area contributed by atoms with E-state index in [9.17, 15) is 22.8 Å². The van der Waals surface area contributed by atoms with Crippen molar-refractivity contribution in [2.24, 2.45) is 11.3 Å². The van der Waals surface area contributed by atoms with Gasteiger partial charge in [0.2, 0.25) is 27.4 Å². The van der Waals surface area contributed by atoms with E-state index in [-0.39, 0.29) is 42.9 Å². The number of amides is 4. The lowest BCUT2D eigenvalue weighted by atomic mass is 9.85. The smallest absolute Gasteiger partial charge is 0.262 e. The summed E-state index contributed by atoms with van der Waals surface area (Å²) in [7, 11) is -2.41. The predicted molar refractivity (Wildman–Crippen MR) is 241 cm³/mol. The highest BCUT2D eigenvalue weighted by Gasteiger charge is 2.62. The van der Waals surface area contributed by atoms with E-state index < -0.39 is 68.1 Å². The van der Waals surface area contributed by atoms with Crippen LogP contribution in [0.4, 0.5) is 5.69 Å². The van der Waals surface area contributed by atoms with Gasteiger partial charge in [-0.05, 0) is 93.1 Å². The van der Waals surface area contributed by atoms with Crippen molar-refractivity contribution in [3.05, 3.63) is 91.0 Å². The molecule has 5 atom stereocenters. The largest absolute Gasteiger partial charge is 0.491 e. The summed E-state index contributed by atoms with van der Waals surface area (Å²) in [4.78, 5) is 67.2. The number of fused-ring (bicyclic) bond motifs is 3. The number of ether oxygens (including phenoxy) is 2. The van der Waals surface area contributed by atoms with Gasteiger partial charge in [0, 0.05) is 41.6 Å². The number of likely N-dealkylation sites (tertiary alicyclic amines) is 1. The number of aromatic nitrogens is 2. The lowest BCUT2D eigenvalue weighted by Crippen LogP contribution is -2.58. The molecule has 0 bridgehead atoms. The summed E-state index contributed by atoms with van der Waals surface area (Å²) in [6, 6.07) is 19.4. The van der Waals surface area contributed by atoms with Crippen LogP contribution in [0.2, 0.25) is 0 Å². The average Bonchev–Trinajstić information content (AvgIpc) is 4.17. The Hall–Kier alpha value is -6.49. The van der Waals surface area contributed by atoms with E-state index >= 15 is 4.79 Å². The molecular weight excluding hydrogens is 839 g/mol. The highest BCUT2D eigenvalue weighted by Crippen LogP contribution is 2.46. The zero-order valence-corrected chi connectivity index (χ0v) is 37.5. The second kappa shape index (κ2) is 16.9. The zero-order chi connectivity index (χ0) is 45.7. The Balaban J connectivity index is 1.15. The van der Waals surface area contributed by atoms with Gasteiger partial charge in [-0.1, -0.05) is 45.0 Å². The average molecular weight is 892 g/mol. The molecule has 3 aliphatic rings. The quantitative estimate of drug-likeness (QED) is 0.0929. The van der Waals surface area contributed by atoms with Gasteiger partial charge in [-0.2, -0.15) is 4.98 Å². The Labute approximate surface area is 371 Å². The minimum atomic E-state index is -3.94. The monoisotopic (exact) mass is 891 g/mol. The number of carbonyl (C=O) groups excluding carboxylic acids is 4. The van der Waals surface area contributed by atoms with Crippen LogP contribution in [-0.2, 0) is 24.4 Å². The summed E-state index contributed by atoms with van der Waals surface area (Å²) >= 11 is 0. The maximum Gasteiger partial charge on any atom is 0.262 e. The first-order valence-corrected chi connectivity index (χ1v) is 23.0. The third-order valence-electron chi connectivity index (χ3n) is 11.8. The van der Waals surface area contributed by atoms with Crippen molar-refractivity contribution in [1.29, 1.82) is 0 Å². The van der Waals surface area contributed by atoms with E-state index in [4.69, 9.17) is 23.9 Å². The van der Waals surface area contributed by atoms with Crippen LogP contribution in [0, 0.1) is 11.3 Å². The number of anilines is 1. The third-order valence-corrected chi connectivity index (χ3v) is 13.6. The van der Waals surface area contributed by atoms with Crippen LogP contribution in [0.25, 0.3) is 33.5 Å². The number of hydrogen-bond acceptors (Lipinski definition) is 12. The number of nitrogens with zero attached hydrogens (tertiary/aromatic N) is 3. The van der Waals surface area contributed by atoms with Crippen LogP contribution < -0.4 is 30.1 Å². The van der Waals surface area contributed by atoms with E-state index in [1.54, 1.807) is 24.3 Å². The van der Waals surface area contributed by atoms with Gasteiger partial charge in [-0.3, -0.25) is 23.9 Å². The zero-order valence-electron chi connectivity index (χ0n) is 36.6. The van der Waals surface area contributed by atoms with E-state index in [2.05, 4.69) is 27.3 Å². The second-order valence-corrected chi connectivity index (χ2v) is 20.0. The molecule has 2 aliphatic carbocycles. The van der Waals surface area contributed by atoms with Gasteiger partial charge in [0.1, 0.15) is 40.6 Å². The molecule has 2 saturated carbocycles. The van der Waals surface area contributed by atoms with Crippen molar-refractivity contribution < 1.29 is 41.5 Å². The standard InChI is InChI=1S/C47H53N7O9S/c1-8-29-24-47(29,45(58)53-64(59,60)33-20-21-33)52-42(56)35-23-32(25-54(35)44(57)39(46(4,5)6)49-30-13-11-12-28(22-30)41(55)48-7)62-43-38-37(34-14-9-10-15-36(34)63-38)50-40(51-43)27-16-18-31(19-17-27)61-26(2)3/h8-19,22,26,29,32-33,35,39,49H,1,20-21,23-25H2,2-7H3,(H,48,55)(H,52,56)(H,53,58)/t29-,32-,35+,39-,47-/m1/s1. The number of nitrogens with one attached hydrogen (secondary N) is 4. The van der Waals surface area contributed by atoms with Crippen LogP contribution >= 0.6 is 0 Å². The molecule has 1 saturated heterocycles. The minimum absolute atomic E-state index is 0.0203. The number of furan rings is 1. The summed E-state index contributed by atoms with van der Waals surface area (Å²) in [5.41, 5.74) is 0.590. The first-order valence-electron chi connectivity index (χ1n) is 21.4. The maximum absolute atomic E-state index is 15.1. The Morgan fingerprint density at radius 3 is 2.39 bits per heavy atom. The molecule has 3 heterocycles. The molecule has 0 spiro atoms. The van der Waals surface area contributed by atoms with Gasteiger partial charge in [-0.15, -0.1) is 6.58 Å². The van der Waals surface area contributed by atoms with Gasteiger partial charge in [0.15, 0.2) is 5.82 Å². The van der Waals surface area contributed by atoms with E-state index in [0.29, 0.717) is 52.3 Å². The van der Waals surface area contributed by atoms with E-state index in [1.165, 1.54) is 18.0 Å². The fourth-order valence-corrected chi connectivity index (χ4v) is 9.52. The van der Waals surface area contributed by atoms with Crippen molar-refractivity contribution in [3.63, 3.8) is 0 Å². The number of rotatable bonds is 15. The van der Waals surface area contributed by atoms with E-state index in [0.717, 1.165) is 5.39 Å². The number of sulfonamides is 1. The van der Waals surface area contributed by atoms with Crippen molar-refractivity contribution in [2.45, 2.75) is 95.4 Å². The van der Waals surface area contributed by atoms with Crippen molar-refractivity contribution >= 4 is 61.4 Å². The molecule has 5 aromatic rings. The van der Waals surface area contributed by atoms with Gasteiger partial charge < -0.3 is 34.7 Å². The molecule has 4 N–H and O–H groups in total. The van der Waals surface area contributed by atoms with Crippen LogP contribution in [0.3, 0.4) is 0 Å². The summed E-state index contributed by atoms with van der Waals surface area (Å²) in [6.45, 7) is 13.3. The topological polar surface area (TPSA) is 211 Å². The predicted octanol–water partition coefficient (Wildman–Crippen LogP) is 5.73. The maximum atomic E-state index is 15.1. The molecule has 3 fully saturated rings. The van der Waals surface area contributed by atoms with Crippen LogP contribution in [0.5, 0.6) is 11.6 Å². The van der Waals surface area contributed by atoms with Crippen molar-refractivity contribution in [2.75, 3.05) is 18.9 Å².